The van der Waals surface area contributed by atoms with Crippen LogP contribution in [0.2, 0.25) is 0 Å². The van der Waals surface area contributed by atoms with Crippen LogP contribution < -0.4 is 5.73 Å². The Hall–Kier alpha value is -1.42. The zero-order valence-corrected chi connectivity index (χ0v) is 9.02. The summed E-state index contributed by atoms with van der Waals surface area (Å²) in [5.74, 6) is -0.990. The topological polar surface area (TPSA) is 76.2 Å². The Morgan fingerprint density at radius 3 is 2.47 bits per heavy atom. The molecule has 0 atom stereocenters. The van der Waals surface area contributed by atoms with Gasteiger partial charge < -0.3 is 10.8 Å². The highest BCUT2D eigenvalue weighted by Gasteiger charge is 1.98. The molecule has 4 heteroatoms. The second-order valence-electron chi connectivity index (χ2n) is 3.02. The molecule has 0 saturated carbocycles. The highest BCUT2D eigenvalue weighted by molar-refractivity contribution is 5.85. The number of hydrogen-bond donors (Lipinski definition) is 2. The summed E-state index contributed by atoms with van der Waals surface area (Å²) >= 11 is 0. The molecule has 0 unspecified atom stereocenters. The van der Waals surface area contributed by atoms with E-state index in [4.69, 9.17) is 10.8 Å². The van der Waals surface area contributed by atoms with Crippen molar-refractivity contribution in [3.05, 3.63) is 30.1 Å². The Kier molecular flexibility index (Phi) is 8.28. The molecule has 84 valence electrons. The summed E-state index contributed by atoms with van der Waals surface area (Å²) in [6, 6.07) is 4.76. The van der Waals surface area contributed by atoms with Crippen molar-refractivity contribution in [2.24, 2.45) is 5.73 Å². The number of aromatic carboxylic acids is 1. The molecule has 0 aromatic carbocycles. The lowest BCUT2D eigenvalue weighted by Gasteiger charge is -1.87. The largest absolute Gasteiger partial charge is 0.477 e. The number of rotatable bonds is 4. The first-order valence-electron chi connectivity index (χ1n) is 5.06. The molecular formula is C11H18N2O2. The van der Waals surface area contributed by atoms with E-state index < -0.39 is 5.97 Å². The van der Waals surface area contributed by atoms with Gasteiger partial charge in [0.25, 0.3) is 0 Å². The fourth-order valence-corrected chi connectivity index (χ4v) is 0.884. The zero-order valence-electron chi connectivity index (χ0n) is 9.02. The molecule has 0 bridgehead atoms. The third-order valence-corrected chi connectivity index (χ3v) is 1.69. The number of pyridine rings is 1. The Balaban J connectivity index is 0.000000288. The van der Waals surface area contributed by atoms with Crippen LogP contribution in [0.3, 0.4) is 0 Å². The van der Waals surface area contributed by atoms with Crippen LogP contribution in [0.1, 0.15) is 36.7 Å². The van der Waals surface area contributed by atoms with Crippen LogP contribution in [0.4, 0.5) is 0 Å². The fourth-order valence-electron chi connectivity index (χ4n) is 0.884. The molecule has 0 spiro atoms. The summed E-state index contributed by atoms with van der Waals surface area (Å²) in [4.78, 5) is 13.7. The minimum atomic E-state index is -0.990. The summed E-state index contributed by atoms with van der Waals surface area (Å²) in [7, 11) is 0. The Labute approximate surface area is 90.1 Å². The molecule has 0 radical (unpaired) electrons. The quantitative estimate of drug-likeness (QED) is 0.744. The summed E-state index contributed by atoms with van der Waals surface area (Å²) in [5.41, 5.74) is 5.30. The van der Waals surface area contributed by atoms with Crippen molar-refractivity contribution < 1.29 is 9.90 Å². The van der Waals surface area contributed by atoms with Gasteiger partial charge in [0, 0.05) is 6.20 Å². The first-order chi connectivity index (χ1) is 7.22. The normalized spacial score (nSPS) is 8.93. The van der Waals surface area contributed by atoms with Crippen LogP contribution in [0.5, 0.6) is 0 Å². The van der Waals surface area contributed by atoms with Crippen molar-refractivity contribution in [2.75, 3.05) is 6.54 Å². The zero-order chi connectivity index (χ0) is 11.5. The summed E-state index contributed by atoms with van der Waals surface area (Å²) < 4.78 is 0. The van der Waals surface area contributed by atoms with Gasteiger partial charge in [-0.05, 0) is 25.1 Å². The summed E-state index contributed by atoms with van der Waals surface area (Å²) in [6.45, 7) is 3.03. The van der Waals surface area contributed by atoms with Crippen LogP contribution in [-0.2, 0) is 0 Å². The van der Waals surface area contributed by atoms with Gasteiger partial charge in [-0.3, -0.25) is 0 Å². The second-order valence-corrected chi connectivity index (χ2v) is 3.02. The van der Waals surface area contributed by atoms with Crippen LogP contribution in [0, 0.1) is 0 Å². The van der Waals surface area contributed by atoms with Crippen molar-refractivity contribution >= 4 is 5.97 Å². The van der Waals surface area contributed by atoms with E-state index in [1.165, 1.54) is 31.5 Å². The van der Waals surface area contributed by atoms with E-state index in [-0.39, 0.29) is 5.69 Å². The van der Waals surface area contributed by atoms with Gasteiger partial charge in [0.15, 0.2) is 0 Å². The van der Waals surface area contributed by atoms with Crippen LogP contribution in [-0.4, -0.2) is 22.6 Å². The van der Waals surface area contributed by atoms with Gasteiger partial charge in [-0.25, -0.2) is 9.78 Å². The molecule has 15 heavy (non-hydrogen) atoms. The van der Waals surface area contributed by atoms with Crippen molar-refractivity contribution in [3.63, 3.8) is 0 Å². The van der Waals surface area contributed by atoms with E-state index in [2.05, 4.69) is 11.9 Å². The molecule has 0 amide bonds. The summed E-state index contributed by atoms with van der Waals surface area (Å²) in [6.07, 6.45) is 5.20. The molecule has 1 rings (SSSR count). The van der Waals surface area contributed by atoms with E-state index in [1.54, 1.807) is 12.1 Å². The molecule has 4 nitrogen and oxygen atoms in total. The van der Waals surface area contributed by atoms with Crippen LogP contribution in [0.15, 0.2) is 24.4 Å². The van der Waals surface area contributed by atoms with E-state index >= 15 is 0 Å². The fraction of sp³-hybridized carbons (Fsp3) is 0.455. The van der Waals surface area contributed by atoms with Gasteiger partial charge >= 0.3 is 5.97 Å². The third kappa shape index (κ3) is 7.64. The van der Waals surface area contributed by atoms with Gasteiger partial charge in [-0.15, -0.1) is 0 Å². The number of carbonyl (C=O) groups is 1. The SMILES string of the molecule is CCCCCN.O=C(O)c1ccccn1. The molecule has 1 aromatic rings. The van der Waals surface area contributed by atoms with E-state index in [0.717, 1.165) is 6.54 Å². The van der Waals surface area contributed by atoms with Crippen molar-refractivity contribution in [1.82, 2.24) is 4.98 Å². The Morgan fingerprint density at radius 1 is 1.47 bits per heavy atom. The van der Waals surface area contributed by atoms with Gasteiger partial charge in [0.05, 0.1) is 0 Å². The van der Waals surface area contributed by atoms with Crippen molar-refractivity contribution in [3.8, 4) is 0 Å². The number of aromatic nitrogens is 1. The average molecular weight is 210 g/mol. The average Bonchev–Trinajstić information content (AvgIpc) is 2.28. The third-order valence-electron chi connectivity index (χ3n) is 1.69. The molecule has 0 fully saturated rings. The van der Waals surface area contributed by atoms with E-state index in [0.29, 0.717) is 0 Å². The lowest BCUT2D eigenvalue weighted by molar-refractivity contribution is 0.0690. The maximum Gasteiger partial charge on any atom is 0.354 e. The van der Waals surface area contributed by atoms with Gasteiger partial charge in [-0.2, -0.15) is 0 Å². The molecule has 0 aliphatic rings. The highest BCUT2D eigenvalue weighted by atomic mass is 16.4. The number of nitrogens with two attached hydrogens (primary N) is 1. The van der Waals surface area contributed by atoms with Gasteiger partial charge in [-0.1, -0.05) is 25.8 Å². The molecule has 0 saturated heterocycles. The number of hydrogen-bond acceptors (Lipinski definition) is 3. The van der Waals surface area contributed by atoms with Crippen LogP contribution in [0.25, 0.3) is 0 Å². The molecule has 0 aliphatic carbocycles. The monoisotopic (exact) mass is 210 g/mol. The number of nitrogens with zero attached hydrogens (tertiary/aromatic N) is 1. The Morgan fingerprint density at radius 2 is 2.20 bits per heavy atom. The van der Waals surface area contributed by atoms with Gasteiger partial charge in [0.1, 0.15) is 5.69 Å². The number of carboxylic acids is 1. The van der Waals surface area contributed by atoms with E-state index in [1.807, 2.05) is 0 Å². The Bertz CT molecular complexity index is 259. The first-order valence-corrected chi connectivity index (χ1v) is 5.06. The maximum absolute atomic E-state index is 10.1. The standard InChI is InChI=1S/C6H5NO2.C5H13N/c8-6(9)5-3-1-2-4-7-5;1-2-3-4-5-6/h1-4H,(H,8,9);2-6H2,1H3. The maximum atomic E-state index is 10.1. The van der Waals surface area contributed by atoms with Crippen molar-refractivity contribution in [2.45, 2.75) is 26.2 Å². The molecule has 0 aliphatic heterocycles. The lowest BCUT2D eigenvalue weighted by Crippen LogP contribution is -1.97. The molecule has 1 aromatic heterocycles. The predicted octanol–water partition coefficient (Wildman–Crippen LogP) is 1.92. The van der Waals surface area contributed by atoms with Gasteiger partial charge in [0.2, 0.25) is 0 Å². The molecule has 3 N–H and O–H groups in total. The van der Waals surface area contributed by atoms with Crippen LogP contribution >= 0.6 is 0 Å². The lowest BCUT2D eigenvalue weighted by atomic mass is 10.3. The highest BCUT2D eigenvalue weighted by Crippen LogP contribution is 1.90. The van der Waals surface area contributed by atoms with Crippen molar-refractivity contribution in [1.29, 1.82) is 0 Å². The minimum absolute atomic E-state index is 0.0810. The minimum Gasteiger partial charge on any atom is -0.477 e. The van der Waals surface area contributed by atoms with E-state index in [9.17, 15) is 4.79 Å². The smallest absolute Gasteiger partial charge is 0.354 e. The molecule has 1 heterocycles. The first kappa shape index (κ1) is 13.6. The second kappa shape index (κ2) is 9.15. The molecular weight excluding hydrogens is 192 g/mol. The number of unbranched alkanes of at least 4 members (excludes halogenated alkanes) is 2. The summed E-state index contributed by atoms with van der Waals surface area (Å²) in [5, 5.41) is 8.32. The predicted molar refractivity (Wildman–Crippen MR) is 59.8 cm³/mol. The number of carboxylic acid groups (broad SMARTS) is 1.